The highest BCUT2D eigenvalue weighted by Gasteiger charge is 2.32. The zero-order chi connectivity index (χ0) is 21.5. The van der Waals surface area contributed by atoms with Crippen molar-refractivity contribution in [3.8, 4) is 0 Å². The van der Waals surface area contributed by atoms with Crippen molar-refractivity contribution in [1.82, 2.24) is 13.6 Å². The van der Waals surface area contributed by atoms with Crippen LogP contribution in [0.15, 0.2) is 23.1 Å². The molecule has 8 nitrogen and oxygen atoms in total. The van der Waals surface area contributed by atoms with Gasteiger partial charge in [0.1, 0.15) is 20.9 Å². The van der Waals surface area contributed by atoms with Crippen molar-refractivity contribution in [2.75, 3.05) is 17.9 Å². The SMILES string of the molecule is CCOC(=O)c1c(NS(=O)(=O)c2cccc3nsnc23)sc2c1CCN(C(C)C)C2. The highest BCUT2D eigenvalue weighted by molar-refractivity contribution is 7.93. The zero-order valence-electron chi connectivity index (χ0n) is 16.8. The highest BCUT2D eigenvalue weighted by Crippen LogP contribution is 2.39. The van der Waals surface area contributed by atoms with Gasteiger partial charge in [-0.3, -0.25) is 9.62 Å². The molecule has 160 valence electrons. The van der Waals surface area contributed by atoms with Crippen molar-refractivity contribution in [2.24, 2.45) is 0 Å². The van der Waals surface area contributed by atoms with Gasteiger partial charge in [0.05, 0.1) is 23.9 Å². The summed E-state index contributed by atoms with van der Waals surface area (Å²) in [4.78, 5) is 16.1. The minimum absolute atomic E-state index is 0.0405. The third-order valence-corrected chi connectivity index (χ3v) is 8.25. The fraction of sp³-hybridized carbons (Fsp3) is 0.421. The van der Waals surface area contributed by atoms with Gasteiger partial charge in [0.25, 0.3) is 10.0 Å². The zero-order valence-corrected chi connectivity index (χ0v) is 19.3. The van der Waals surface area contributed by atoms with Crippen LogP contribution in [0.1, 0.15) is 41.6 Å². The Labute approximate surface area is 183 Å². The van der Waals surface area contributed by atoms with E-state index in [0.29, 0.717) is 40.6 Å². The van der Waals surface area contributed by atoms with Crippen LogP contribution in [0.3, 0.4) is 0 Å². The van der Waals surface area contributed by atoms with Gasteiger partial charge in [-0.2, -0.15) is 8.75 Å². The number of hydrogen-bond donors (Lipinski definition) is 1. The van der Waals surface area contributed by atoms with Crippen LogP contribution < -0.4 is 4.72 Å². The second kappa shape index (κ2) is 8.22. The van der Waals surface area contributed by atoms with E-state index < -0.39 is 16.0 Å². The number of rotatable bonds is 6. The molecule has 0 amide bonds. The van der Waals surface area contributed by atoms with Crippen LogP contribution in [-0.4, -0.2) is 47.2 Å². The number of esters is 1. The molecule has 3 heterocycles. The Morgan fingerprint density at radius 1 is 1.33 bits per heavy atom. The number of thiophene rings is 1. The van der Waals surface area contributed by atoms with E-state index in [0.717, 1.165) is 28.7 Å². The van der Waals surface area contributed by atoms with Crippen molar-refractivity contribution < 1.29 is 17.9 Å². The lowest BCUT2D eigenvalue weighted by Crippen LogP contribution is -2.35. The number of nitrogens with zero attached hydrogens (tertiary/aromatic N) is 3. The first-order valence-corrected chi connectivity index (χ1v) is 12.6. The highest BCUT2D eigenvalue weighted by atomic mass is 32.2. The maximum atomic E-state index is 13.2. The van der Waals surface area contributed by atoms with E-state index in [-0.39, 0.29) is 11.5 Å². The summed E-state index contributed by atoms with van der Waals surface area (Å²) in [6, 6.07) is 5.20. The molecule has 4 rings (SSSR count). The van der Waals surface area contributed by atoms with Crippen molar-refractivity contribution >= 4 is 55.1 Å². The van der Waals surface area contributed by atoms with Gasteiger partial charge in [-0.25, -0.2) is 13.2 Å². The Kier molecular flexibility index (Phi) is 5.80. The van der Waals surface area contributed by atoms with Crippen molar-refractivity contribution in [3.63, 3.8) is 0 Å². The van der Waals surface area contributed by atoms with Gasteiger partial charge in [-0.15, -0.1) is 11.3 Å². The number of ether oxygens (including phenoxy) is 1. The van der Waals surface area contributed by atoms with Crippen LogP contribution in [0.25, 0.3) is 11.0 Å². The summed E-state index contributed by atoms with van der Waals surface area (Å²) >= 11 is 2.26. The maximum absolute atomic E-state index is 13.2. The fourth-order valence-electron chi connectivity index (χ4n) is 3.53. The maximum Gasteiger partial charge on any atom is 0.341 e. The molecular formula is C19H22N4O4S3. The Morgan fingerprint density at radius 2 is 2.13 bits per heavy atom. The van der Waals surface area contributed by atoms with Gasteiger partial charge in [0, 0.05) is 24.0 Å². The number of hydrogen-bond acceptors (Lipinski definition) is 9. The normalized spacial score (nSPS) is 14.8. The lowest BCUT2D eigenvalue weighted by molar-refractivity contribution is 0.0526. The van der Waals surface area contributed by atoms with E-state index in [4.69, 9.17) is 4.74 Å². The summed E-state index contributed by atoms with van der Waals surface area (Å²) in [7, 11) is -3.97. The Balaban J connectivity index is 1.76. The molecule has 0 spiro atoms. The minimum atomic E-state index is -3.97. The fourth-order valence-corrected chi connectivity index (χ4v) is 6.86. The first kappa shape index (κ1) is 21.2. The molecular weight excluding hydrogens is 444 g/mol. The van der Waals surface area contributed by atoms with Crippen LogP contribution in [0.5, 0.6) is 0 Å². The number of aromatic nitrogens is 2. The van der Waals surface area contributed by atoms with Crippen molar-refractivity contribution in [3.05, 3.63) is 34.2 Å². The molecule has 11 heteroatoms. The second-order valence-electron chi connectivity index (χ2n) is 7.24. The molecule has 0 unspecified atom stereocenters. The predicted octanol–water partition coefficient (Wildman–Crippen LogP) is 3.50. The third-order valence-electron chi connectivity index (χ3n) is 5.06. The summed E-state index contributed by atoms with van der Waals surface area (Å²) in [5, 5.41) is 0.296. The Morgan fingerprint density at radius 3 is 2.87 bits per heavy atom. The third kappa shape index (κ3) is 3.82. The molecule has 0 fully saturated rings. The van der Waals surface area contributed by atoms with Crippen LogP contribution in [-0.2, 0) is 27.7 Å². The molecule has 0 saturated heterocycles. The number of anilines is 1. The molecule has 2 aromatic heterocycles. The molecule has 1 N–H and O–H groups in total. The van der Waals surface area contributed by atoms with Gasteiger partial charge in [-0.05, 0) is 44.9 Å². The average Bonchev–Trinajstić information content (AvgIpc) is 3.30. The summed E-state index contributed by atoms with van der Waals surface area (Å²) < 4.78 is 42.5. The van der Waals surface area contributed by atoms with E-state index in [1.807, 2.05) is 0 Å². The van der Waals surface area contributed by atoms with Gasteiger partial charge < -0.3 is 4.74 Å². The Bertz CT molecular complexity index is 1200. The molecule has 3 aromatic rings. The molecule has 0 bridgehead atoms. The van der Waals surface area contributed by atoms with Crippen LogP contribution in [0.4, 0.5) is 5.00 Å². The minimum Gasteiger partial charge on any atom is -0.462 e. The summed E-state index contributed by atoms with van der Waals surface area (Å²) in [6.07, 6.45) is 0.672. The van der Waals surface area contributed by atoms with E-state index >= 15 is 0 Å². The molecule has 1 aliphatic rings. The molecule has 0 aliphatic carbocycles. The molecule has 0 radical (unpaired) electrons. The lowest BCUT2D eigenvalue weighted by Gasteiger charge is -2.30. The quantitative estimate of drug-likeness (QED) is 0.555. The van der Waals surface area contributed by atoms with Gasteiger partial charge in [0.2, 0.25) is 0 Å². The second-order valence-corrected chi connectivity index (χ2v) is 10.5. The van der Waals surface area contributed by atoms with Crippen LogP contribution in [0.2, 0.25) is 0 Å². The molecule has 30 heavy (non-hydrogen) atoms. The van der Waals surface area contributed by atoms with E-state index in [2.05, 4.69) is 32.2 Å². The number of nitrogens with one attached hydrogen (secondary N) is 1. The molecule has 1 aromatic carbocycles. The lowest BCUT2D eigenvalue weighted by atomic mass is 10.0. The predicted molar refractivity (Wildman–Crippen MR) is 118 cm³/mol. The summed E-state index contributed by atoms with van der Waals surface area (Å²) in [5.41, 5.74) is 2.04. The van der Waals surface area contributed by atoms with Gasteiger partial charge in [-0.1, -0.05) is 6.07 Å². The Hall–Kier alpha value is -2.08. The summed E-state index contributed by atoms with van der Waals surface area (Å²) in [5.74, 6) is -0.501. The first-order valence-electron chi connectivity index (χ1n) is 9.61. The smallest absolute Gasteiger partial charge is 0.341 e. The number of benzene rings is 1. The van der Waals surface area contributed by atoms with Crippen LogP contribution in [0, 0.1) is 0 Å². The molecule has 0 saturated carbocycles. The standard InChI is InChI=1S/C19H22N4O4S3/c1-4-27-19(24)16-12-8-9-23(11(2)3)10-14(12)28-18(16)22-30(25,26)15-7-5-6-13-17(15)21-29-20-13/h5-7,11,22H,4,8-10H2,1-3H3. The molecule has 1 aliphatic heterocycles. The van der Waals surface area contributed by atoms with Crippen molar-refractivity contribution in [1.29, 1.82) is 0 Å². The monoisotopic (exact) mass is 466 g/mol. The first-order chi connectivity index (χ1) is 14.3. The average molecular weight is 467 g/mol. The van der Waals surface area contributed by atoms with Crippen molar-refractivity contribution in [2.45, 2.75) is 44.7 Å². The van der Waals surface area contributed by atoms with Crippen LogP contribution >= 0.6 is 23.1 Å². The van der Waals surface area contributed by atoms with Gasteiger partial charge in [0.15, 0.2) is 0 Å². The van der Waals surface area contributed by atoms with Gasteiger partial charge >= 0.3 is 5.97 Å². The number of fused-ring (bicyclic) bond motifs is 2. The largest absolute Gasteiger partial charge is 0.462 e. The topological polar surface area (TPSA) is 101 Å². The number of carbonyl (C=O) groups excluding carboxylic acids is 1. The number of sulfonamides is 1. The van der Waals surface area contributed by atoms with E-state index in [9.17, 15) is 13.2 Å². The van der Waals surface area contributed by atoms with E-state index in [1.54, 1.807) is 19.1 Å². The molecule has 0 atom stereocenters. The summed E-state index contributed by atoms with van der Waals surface area (Å²) in [6.45, 7) is 7.68. The van der Waals surface area contributed by atoms with E-state index in [1.165, 1.54) is 17.4 Å². The number of carbonyl (C=O) groups is 1.